The minimum atomic E-state index is -0.763. The van der Waals surface area contributed by atoms with Crippen LogP contribution in [0.5, 0.6) is 0 Å². The molecule has 1 amide bonds. The van der Waals surface area contributed by atoms with Crippen LogP contribution in [0.15, 0.2) is 24.5 Å². The second kappa shape index (κ2) is 6.66. The molecule has 0 unspecified atom stereocenters. The van der Waals surface area contributed by atoms with Crippen molar-refractivity contribution < 1.29 is 14.7 Å². The molecule has 3 rings (SSSR count). The topological polar surface area (TPSA) is 73.7 Å². The van der Waals surface area contributed by atoms with Gasteiger partial charge in [-0.3, -0.25) is 19.5 Å². The fourth-order valence-electron chi connectivity index (χ4n) is 3.49. The molecule has 124 valence electrons. The van der Waals surface area contributed by atoms with E-state index in [2.05, 4.69) is 4.98 Å². The van der Waals surface area contributed by atoms with Crippen molar-refractivity contribution in [2.24, 2.45) is 17.8 Å². The quantitative estimate of drug-likeness (QED) is 0.850. The van der Waals surface area contributed by atoms with Crippen LogP contribution in [0.25, 0.3) is 0 Å². The summed E-state index contributed by atoms with van der Waals surface area (Å²) in [6, 6.07) is 3.86. The van der Waals surface area contributed by atoms with Gasteiger partial charge in [0.05, 0.1) is 12.5 Å². The molecule has 1 saturated heterocycles. The van der Waals surface area contributed by atoms with Crippen LogP contribution in [0.3, 0.4) is 0 Å². The fraction of sp³-hybridized carbons (Fsp3) is 0.588. The van der Waals surface area contributed by atoms with Crippen molar-refractivity contribution in [1.29, 1.82) is 0 Å². The van der Waals surface area contributed by atoms with E-state index in [4.69, 9.17) is 0 Å². The van der Waals surface area contributed by atoms with Crippen molar-refractivity contribution in [2.45, 2.75) is 19.4 Å². The number of rotatable bonds is 6. The molecule has 2 fully saturated rings. The monoisotopic (exact) mass is 317 g/mol. The first-order valence-electron chi connectivity index (χ1n) is 8.12. The van der Waals surface area contributed by atoms with Gasteiger partial charge in [-0.1, -0.05) is 6.07 Å². The number of carboxylic acids is 1. The second-order valence-electron chi connectivity index (χ2n) is 6.78. The maximum Gasteiger partial charge on any atom is 0.308 e. The van der Waals surface area contributed by atoms with E-state index in [1.165, 1.54) is 0 Å². The number of pyridine rings is 1. The summed E-state index contributed by atoms with van der Waals surface area (Å²) in [5.41, 5.74) is 1.06. The number of likely N-dealkylation sites (tertiary alicyclic amines) is 1. The predicted octanol–water partition coefficient (Wildman–Crippen LogP) is 1.08. The summed E-state index contributed by atoms with van der Waals surface area (Å²) in [6.45, 7) is 1.91. The first-order valence-corrected chi connectivity index (χ1v) is 8.12. The van der Waals surface area contributed by atoms with Gasteiger partial charge in [0, 0.05) is 32.0 Å². The van der Waals surface area contributed by atoms with Gasteiger partial charge in [0.2, 0.25) is 5.91 Å². The number of carbonyl (C=O) groups is 2. The van der Waals surface area contributed by atoms with Gasteiger partial charge in [-0.05, 0) is 43.4 Å². The van der Waals surface area contributed by atoms with E-state index >= 15 is 0 Å². The number of hydrogen-bond donors (Lipinski definition) is 1. The van der Waals surface area contributed by atoms with Gasteiger partial charge >= 0.3 is 5.97 Å². The Morgan fingerprint density at radius 3 is 2.78 bits per heavy atom. The first kappa shape index (κ1) is 15.9. The lowest BCUT2D eigenvalue weighted by Gasteiger charge is -2.21. The van der Waals surface area contributed by atoms with Gasteiger partial charge < -0.3 is 10.0 Å². The zero-order valence-electron chi connectivity index (χ0n) is 13.4. The highest BCUT2D eigenvalue weighted by atomic mass is 16.4. The van der Waals surface area contributed by atoms with Crippen LogP contribution in [0.1, 0.15) is 18.4 Å². The van der Waals surface area contributed by atoms with Crippen LogP contribution in [0.2, 0.25) is 0 Å². The maximum atomic E-state index is 12.5. The second-order valence-corrected chi connectivity index (χ2v) is 6.78. The molecule has 6 nitrogen and oxygen atoms in total. The van der Waals surface area contributed by atoms with Gasteiger partial charge in [0.15, 0.2) is 0 Å². The van der Waals surface area contributed by atoms with E-state index in [-0.39, 0.29) is 11.8 Å². The highest BCUT2D eigenvalue weighted by molar-refractivity contribution is 5.80. The molecule has 2 heterocycles. The van der Waals surface area contributed by atoms with Gasteiger partial charge in [-0.25, -0.2) is 0 Å². The van der Waals surface area contributed by atoms with Crippen molar-refractivity contribution in [2.75, 3.05) is 26.7 Å². The molecule has 1 aliphatic carbocycles. The molecule has 1 aliphatic heterocycles. The van der Waals surface area contributed by atoms with Crippen LogP contribution >= 0.6 is 0 Å². The number of aliphatic carboxylic acids is 1. The van der Waals surface area contributed by atoms with E-state index in [0.29, 0.717) is 32.1 Å². The highest BCUT2D eigenvalue weighted by Crippen LogP contribution is 2.44. The molecule has 0 aromatic carbocycles. The Labute approximate surface area is 136 Å². The minimum absolute atomic E-state index is 0.0193. The van der Waals surface area contributed by atoms with Crippen LogP contribution < -0.4 is 0 Å². The van der Waals surface area contributed by atoms with Crippen LogP contribution in [-0.2, 0) is 16.1 Å². The van der Waals surface area contributed by atoms with Crippen molar-refractivity contribution in [1.82, 2.24) is 14.8 Å². The molecular formula is C17H23N3O3. The van der Waals surface area contributed by atoms with Crippen molar-refractivity contribution >= 4 is 11.9 Å². The Kier molecular flexibility index (Phi) is 4.61. The SMILES string of the molecule is CN(CC(=O)N1C[C@@H](C(=O)O)[C@H](C2CC2)C1)Cc1cccnc1. The van der Waals surface area contributed by atoms with Crippen LogP contribution in [0, 0.1) is 17.8 Å². The highest BCUT2D eigenvalue weighted by Gasteiger charge is 2.46. The number of aromatic nitrogens is 1. The lowest BCUT2D eigenvalue weighted by atomic mass is 9.92. The molecule has 1 saturated carbocycles. The van der Waals surface area contributed by atoms with E-state index in [9.17, 15) is 14.7 Å². The molecule has 1 aromatic heterocycles. The molecule has 2 atom stereocenters. The average Bonchev–Trinajstić information content (AvgIpc) is 3.26. The number of nitrogens with zero attached hydrogens (tertiary/aromatic N) is 3. The number of hydrogen-bond acceptors (Lipinski definition) is 4. The zero-order chi connectivity index (χ0) is 16.4. The molecule has 0 radical (unpaired) electrons. The van der Waals surface area contributed by atoms with Crippen molar-refractivity contribution in [3.63, 3.8) is 0 Å². The fourth-order valence-corrected chi connectivity index (χ4v) is 3.49. The average molecular weight is 317 g/mol. The van der Waals surface area contributed by atoms with E-state index < -0.39 is 11.9 Å². The summed E-state index contributed by atoms with van der Waals surface area (Å²) in [7, 11) is 1.90. The Morgan fingerprint density at radius 1 is 1.39 bits per heavy atom. The molecule has 0 spiro atoms. The Hall–Kier alpha value is -1.95. The Bertz CT molecular complexity index is 574. The molecular weight excluding hydrogens is 294 g/mol. The van der Waals surface area contributed by atoms with Crippen LogP contribution in [0.4, 0.5) is 0 Å². The molecule has 23 heavy (non-hydrogen) atoms. The summed E-state index contributed by atoms with van der Waals surface area (Å²) in [5.74, 6) is -0.496. The van der Waals surface area contributed by atoms with Crippen molar-refractivity contribution in [3.8, 4) is 0 Å². The van der Waals surface area contributed by atoms with E-state index in [1.807, 2.05) is 24.1 Å². The summed E-state index contributed by atoms with van der Waals surface area (Å²) in [4.78, 5) is 31.7. The molecule has 0 bridgehead atoms. The van der Waals surface area contributed by atoms with Gasteiger partial charge in [-0.15, -0.1) is 0 Å². The summed E-state index contributed by atoms with van der Waals surface area (Å²) >= 11 is 0. The summed E-state index contributed by atoms with van der Waals surface area (Å²) in [5, 5.41) is 9.38. The third-order valence-electron chi connectivity index (χ3n) is 4.84. The maximum absolute atomic E-state index is 12.5. The lowest BCUT2D eigenvalue weighted by molar-refractivity contribution is -0.142. The Morgan fingerprint density at radius 2 is 2.17 bits per heavy atom. The molecule has 6 heteroatoms. The van der Waals surface area contributed by atoms with Gasteiger partial charge in [-0.2, -0.15) is 0 Å². The smallest absolute Gasteiger partial charge is 0.308 e. The number of likely N-dealkylation sites (N-methyl/N-ethyl adjacent to an activating group) is 1. The van der Waals surface area contributed by atoms with Gasteiger partial charge in [0.1, 0.15) is 0 Å². The minimum Gasteiger partial charge on any atom is -0.481 e. The first-order chi connectivity index (χ1) is 11.0. The molecule has 1 N–H and O–H groups in total. The third-order valence-corrected chi connectivity index (χ3v) is 4.84. The van der Waals surface area contributed by atoms with E-state index in [1.54, 1.807) is 17.3 Å². The number of carbonyl (C=O) groups excluding carboxylic acids is 1. The standard InChI is InChI=1S/C17H23N3O3/c1-19(8-12-3-2-6-18-7-12)11-16(21)20-9-14(13-4-5-13)15(10-20)17(22)23/h2-3,6-7,13-15H,4-5,8-11H2,1H3,(H,22,23)/t14-,15+/m0/s1. The lowest BCUT2D eigenvalue weighted by Crippen LogP contribution is -2.38. The number of amides is 1. The van der Waals surface area contributed by atoms with Crippen molar-refractivity contribution in [3.05, 3.63) is 30.1 Å². The normalized spacial score (nSPS) is 24.2. The third kappa shape index (κ3) is 3.88. The van der Waals surface area contributed by atoms with E-state index in [0.717, 1.165) is 18.4 Å². The van der Waals surface area contributed by atoms with Crippen LogP contribution in [-0.4, -0.2) is 58.4 Å². The Balaban J connectivity index is 1.54. The summed E-state index contributed by atoms with van der Waals surface area (Å²) in [6.07, 6.45) is 5.73. The number of carboxylic acid groups (broad SMARTS) is 1. The molecule has 2 aliphatic rings. The largest absolute Gasteiger partial charge is 0.481 e. The molecule has 1 aromatic rings. The zero-order valence-corrected chi connectivity index (χ0v) is 13.4. The van der Waals surface area contributed by atoms with Gasteiger partial charge in [0.25, 0.3) is 0 Å². The predicted molar refractivity (Wildman–Crippen MR) is 84.5 cm³/mol. The summed E-state index contributed by atoms with van der Waals surface area (Å²) < 4.78 is 0.